The zero-order chi connectivity index (χ0) is 21.1. The SMILES string of the molecule is CCCCCCCSc1ncnc2c1sc1nc(CCC)c3c(c12)CC(C)(C)OC3. The van der Waals surface area contributed by atoms with Gasteiger partial charge in [0.05, 0.1) is 22.4 Å². The molecule has 0 aromatic carbocycles. The molecular weight excluding hydrogens is 410 g/mol. The van der Waals surface area contributed by atoms with Crippen LogP contribution < -0.4 is 0 Å². The highest BCUT2D eigenvalue weighted by molar-refractivity contribution is 7.99. The number of ether oxygens (including phenoxy) is 1. The maximum absolute atomic E-state index is 6.16. The predicted octanol–water partition coefficient (Wildman–Crippen LogP) is 7.11. The summed E-state index contributed by atoms with van der Waals surface area (Å²) in [6.45, 7) is 9.51. The summed E-state index contributed by atoms with van der Waals surface area (Å²) < 4.78 is 7.37. The van der Waals surface area contributed by atoms with Gasteiger partial charge in [-0.05, 0) is 38.0 Å². The molecule has 0 bridgehead atoms. The molecule has 4 rings (SSSR count). The van der Waals surface area contributed by atoms with Crippen LogP contribution in [-0.4, -0.2) is 26.3 Å². The van der Waals surface area contributed by atoms with Gasteiger partial charge in [-0.2, -0.15) is 0 Å². The van der Waals surface area contributed by atoms with Crippen LogP contribution in [0.15, 0.2) is 11.4 Å². The van der Waals surface area contributed by atoms with Crippen molar-refractivity contribution in [3.63, 3.8) is 0 Å². The van der Waals surface area contributed by atoms with Crippen LogP contribution in [0.25, 0.3) is 20.4 Å². The molecule has 0 saturated carbocycles. The Kier molecular flexibility index (Phi) is 6.95. The van der Waals surface area contributed by atoms with Crippen LogP contribution in [0.4, 0.5) is 0 Å². The molecule has 0 aliphatic carbocycles. The number of pyridine rings is 1. The van der Waals surface area contributed by atoms with Crippen molar-refractivity contribution < 1.29 is 4.74 Å². The number of unbranched alkanes of at least 4 members (excludes halogenated alkanes) is 4. The van der Waals surface area contributed by atoms with Crippen molar-refractivity contribution in [1.82, 2.24) is 15.0 Å². The number of thiophene rings is 1. The topological polar surface area (TPSA) is 47.9 Å². The second-order valence-electron chi connectivity index (χ2n) is 8.89. The lowest BCUT2D eigenvalue weighted by Gasteiger charge is -2.33. The van der Waals surface area contributed by atoms with E-state index >= 15 is 0 Å². The zero-order valence-corrected chi connectivity index (χ0v) is 20.3. The Bertz CT molecular complexity index is 1030. The number of hydrogen-bond donors (Lipinski definition) is 0. The summed E-state index contributed by atoms with van der Waals surface area (Å²) in [6.07, 6.45) is 11.3. The fraction of sp³-hybridized carbons (Fsp3) is 0.625. The van der Waals surface area contributed by atoms with Gasteiger partial charge >= 0.3 is 0 Å². The number of hydrogen-bond acceptors (Lipinski definition) is 6. The van der Waals surface area contributed by atoms with E-state index in [9.17, 15) is 0 Å². The summed E-state index contributed by atoms with van der Waals surface area (Å²) in [5.74, 6) is 1.12. The normalized spacial score (nSPS) is 15.7. The third-order valence-corrected chi connectivity index (χ3v) is 8.14. The Morgan fingerprint density at radius 3 is 2.70 bits per heavy atom. The van der Waals surface area contributed by atoms with Crippen LogP contribution in [0.3, 0.4) is 0 Å². The predicted molar refractivity (Wildman–Crippen MR) is 129 cm³/mol. The average molecular weight is 444 g/mol. The van der Waals surface area contributed by atoms with E-state index in [1.807, 2.05) is 11.8 Å². The maximum atomic E-state index is 6.16. The first-order valence-corrected chi connectivity index (χ1v) is 13.2. The molecule has 0 spiro atoms. The fourth-order valence-electron chi connectivity index (χ4n) is 4.27. The molecule has 1 aliphatic heterocycles. The number of thioether (sulfide) groups is 1. The van der Waals surface area contributed by atoms with E-state index in [0.29, 0.717) is 6.61 Å². The molecule has 4 nitrogen and oxygen atoms in total. The van der Waals surface area contributed by atoms with E-state index in [1.54, 1.807) is 17.7 Å². The van der Waals surface area contributed by atoms with Gasteiger partial charge in [0, 0.05) is 23.1 Å². The summed E-state index contributed by atoms with van der Waals surface area (Å²) >= 11 is 3.66. The molecule has 0 atom stereocenters. The smallest absolute Gasteiger partial charge is 0.126 e. The van der Waals surface area contributed by atoms with Gasteiger partial charge in [-0.15, -0.1) is 23.1 Å². The molecule has 0 saturated heterocycles. The van der Waals surface area contributed by atoms with Crippen LogP contribution in [0, 0.1) is 0 Å². The van der Waals surface area contributed by atoms with Crippen LogP contribution in [0.5, 0.6) is 0 Å². The fourth-order valence-corrected chi connectivity index (χ4v) is 6.53. The second kappa shape index (κ2) is 9.49. The van der Waals surface area contributed by atoms with E-state index < -0.39 is 0 Å². The number of rotatable bonds is 9. The number of aryl methyl sites for hydroxylation is 1. The van der Waals surface area contributed by atoms with Gasteiger partial charge in [-0.25, -0.2) is 15.0 Å². The molecule has 0 fully saturated rings. The largest absolute Gasteiger partial charge is 0.370 e. The lowest BCUT2D eigenvalue weighted by Crippen LogP contribution is -2.32. The monoisotopic (exact) mass is 443 g/mol. The van der Waals surface area contributed by atoms with Gasteiger partial charge in [-0.3, -0.25) is 0 Å². The first-order valence-electron chi connectivity index (χ1n) is 11.4. The summed E-state index contributed by atoms with van der Waals surface area (Å²) in [6, 6.07) is 0. The highest BCUT2D eigenvalue weighted by atomic mass is 32.2. The van der Waals surface area contributed by atoms with Crippen LogP contribution in [0.2, 0.25) is 0 Å². The molecular formula is C24H33N3OS2. The molecule has 0 radical (unpaired) electrons. The van der Waals surface area contributed by atoms with Crippen molar-refractivity contribution in [1.29, 1.82) is 0 Å². The van der Waals surface area contributed by atoms with E-state index in [0.717, 1.165) is 40.4 Å². The lowest BCUT2D eigenvalue weighted by molar-refractivity contribution is -0.0401. The number of fused-ring (bicyclic) bond motifs is 5. The molecule has 1 aliphatic rings. The van der Waals surface area contributed by atoms with E-state index in [4.69, 9.17) is 14.7 Å². The maximum Gasteiger partial charge on any atom is 0.126 e. The summed E-state index contributed by atoms with van der Waals surface area (Å²) in [7, 11) is 0. The molecule has 3 aromatic rings. The van der Waals surface area contributed by atoms with Crippen LogP contribution in [-0.2, 0) is 24.2 Å². The first-order chi connectivity index (χ1) is 14.5. The number of aromatic nitrogens is 3. The standard InChI is InChI=1S/C24H33N3OS2/c1-5-7-8-9-10-12-29-23-21-20(25-15-26-23)19-16-13-24(3,4)28-14-17(16)18(11-6-2)27-22(19)30-21/h15H,5-14H2,1-4H3. The Morgan fingerprint density at radius 2 is 1.90 bits per heavy atom. The van der Waals surface area contributed by atoms with Crippen molar-refractivity contribution in [2.75, 3.05) is 5.75 Å². The van der Waals surface area contributed by atoms with Gasteiger partial charge in [0.25, 0.3) is 0 Å². The third-order valence-electron chi connectivity index (χ3n) is 5.85. The van der Waals surface area contributed by atoms with Crippen molar-refractivity contribution in [2.24, 2.45) is 0 Å². The minimum absolute atomic E-state index is 0.151. The molecule has 0 unspecified atom stereocenters. The van der Waals surface area contributed by atoms with E-state index in [2.05, 4.69) is 32.7 Å². The second-order valence-corrected chi connectivity index (χ2v) is 11.0. The minimum atomic E-state index is -0.151. The average Bonchev–Trinajstić information content (AvgIpc) is 3.09. The highest BCUT2D eigenvalue weighted by Crippen LogP contribution is 2.42. The van der Waals surface area contributed by atoms with Gasteiger partial charge in [0.15, 0.2) is 0 Å². The quantitative estimate of drug-likeness (QED) is 0.200. The Balaban J connectivity index is 1.72. The summed E-state index contributed by atoms with van der Waals surface area (Å²) in [4.78, 5) is 15.6. The third kappa shape index (κ3) is 4.51. The molecule has 3 aromatic heterocycles. The molecule has 0 amide bonds. The Hall–Kier alpha value is -1.24. The molecule has 6 heteroatoms. The Labute approximate surface area is 188 Å². The van der Waals surface area contributed by atoms with E-state index in [1.165, 1.54) is 59.0 Å². The zero-order valence-electron chi connectivity index (χ0n) is 18.7. The van der Waals surface area contributed by atoms with Crippen molar-refractivity contribution in [2.45, 2.75) is 96.3 Å². The summed E-state index contributed by atoms with van der Waals surface area (Å²) in [5.41, 5.74) is 4.85. The van der Waals surface area contributed by atoms with Crippen molar-refractivity contribution >= 4 is 43.5 Å². The highest BCUT2D eigenvalue weighted by Gasteiger charge is 2.31. The van der Waals surface area contributed by atoms with Crippen molar-refractivity contribution in [3.05, 3.63) is 23.1 Å². The molecule has 162 valence electrons. The summed E-state index contributed by atoms with van der Waals surface area (Å²) in [5, 5.41) is 2.36. The lowest BCUT2D eigenvalue weighted by atomic mass is 9.88. The van der Waals surface area contributed by atoms with Crippen LogP contribution >= 0.6 is 23.1 Å². The van der Waals surface area contributed by atoms with Crippen molar-refractivity contribution in [3.8, 4) is 0 Å². The van der Waals surface area contributed by atoms with Crippen LogP contribution in [0.1, 0.15) is 83.0 Å². The first kappa shape index (κ1) is 22.0. The Morgan fingerprint density at radius 1 is 1.07 bits per heavy atom. The van der Waals surface area contributed by atoms with Gasteiger partial charge in [0.2, 0.25) is 0 Å². The van der Waals surface area contributed by atoms with Gasteiger partial charge < -0.3 is 4.74 Å². The van der Waals surface area contributed by atoms with E-state index in [-0.39, 0.29) is 5.60 Å². The van der Waals surface area contributed by atoms with Gasteiger partial charge in [0.1, 0.15) is 16.2 Å². The molecule has 4 heterocycles. The number of nitrogens with zero attached hydrogens (tertiary/aromatic N) is 3. The van der Waals surface area contributed by atoms with Gasteiger partial charge in [-0.1, -0.05) is 46.0 Å². The molecule has 30 heavy (non-hydrogen) atoms. The molecule has 0 N–H and O–H groups in total. The minimum Gasteiger partial charge on any atom is -0.370 e.